The summed E-state index contributed by atoms with van der Waals surface area (Å²) < 4.78 is 5.38. The van der Waals surface area contributed by atoms with E-state index in [0.29, 0.717) is 12.1 Å². The van der Waals surface area contributed by atoms with Gasteiger partial charge in [-0.3, -0.25) is 4.90 Å². The standard InChI is InChI=1S/C13H26N2OS/c1-11(10-15-5-7-16-8-6-15)14-13-4-3-9-17-12(13)2/h11-14H,3-10H2,1-2H3. The van der Waals surface area contributed by atoms with Gasteiger partial charge in [-0.1, -0.05) is 6.92 Å². The summed E-state index contributed by atoms with van der Waals surface area (Å²) in [5, 5.41) is 4.59. The van der Waals surface area contributed by atoms with Crippen LogP contribution in [0.4, 0.5) is 0 Å². The molecule has 0 aromatic carbocycles. The highest BCUT2D eigenvalue weighted by Gasteiger charge is 2.23. The van der Waals surface area contributed by atoms with E-state index in [2.05, 4.69) is 35.8 Å². The van der Waals surface area contributed by atoms with Gasteiger partial charge < -0.3 is 10.1 Å². The Labute approximate surface area is 110 Å². The van der Waals surface area contributed by atoms with E-state index in [0.717, 1.165) is 38.1 Å². The Morgan fingerprint density at radius 3 is 2.88 bits per heavy atom. The van der Waals surface area contributed by atoms with Crippen molar-refractivity contribution in [2.24, 2.45) is 0 Å². The average molecular weight is 258 g/mol. The molecule has 17 heavy (non-hydrogen) atoms. The Morgan fingerprint density at radius 2 is 2.18 bits per heavy atom. The lowest BCUT2D eigenvalue weighted by Gasteiger charge is -2.34. The monoisotopic (exact) mass is 258 g/mol. The second kappa shape index (κ2) is 6.98. The Hall–Kier alpha value is 0.230. The summed E-state index contributed by atoms with van der Waals surface area (Å²) in [4.78, 5) is 2.52. The van der Waals surface area contributed by atoms with Gasteiger partial charge in [-0.05, 0) is 25.5 Å². The van der Waals surface area contributed by atoms with Crippen molar-refractivity contribution in [2.45, 2.75) is 44.0 Å². The maximum Gasteiger partial charge on any atom is 0.0594 e. The molecule has 4 heteroatoms. The summed E-state index contributed by atoms with van der Waals surface area (Å²) in [5.41, 5.74) is 0. The summed E-state index contributed by atoms with van der Waals surface area (Å²) in [6.07, 6.45) is 2.72. The number of nitrogens with one attached hydrogen (secondary N) is 1. The predicted molar refractivity (Wildman–Crippen MR) is 74.8 cm³/mol. The second-order valence-corrected chi connectivity index (χ2v) is 6.79. The lowest BCUT2D eigenvalue weighted by molar-refractivity contribution is 0.0338. The van der Waals surface area contributed by atoms with Crippen LogP contribution in [0.15, 0.2) is 0 Å². The Kier molecular flexibility index (Phi) is 5.60. The molecule has 0 aromatic rings. The quantitative estimate of drug-likeness (QED) is 0.827. The molecular formula is C13H26N2OS. The van der Waals surface area contributed by atoms with Crippen molar-refractivity contribution in [3.8, 4) is 0 Å². The Bertz CT molecular complexity index is 221. The van der Waals surface area contributed by atoms with Crippen molar-refractivity contribution in [2.75, 3.05) is 38.6 Å². The fourth-order valence-electron chi connectivity index (χ4n) is 2.73. The molecule has 2 heterocycles. The molecule has 2 saturated heterocycles. The maximum atomic E-state index is 5.38. The topological polar surface area (TPSA) is 24.5 Å². The van der Waals surface area contributed by atoms with Gasteiger partial charge in [-0.2, -0.15) is 11.8 Å². The van der Waals surface area contributed by atoms with E-state index in [1.54, 1.807) is 0 Å². The van der Waals surface area contributed by atoms with Crippen LogP contribution in [0.5, 0.6) is 0 Å². The number of morpholine rings is 1. The van der Waals surface area contributed by atoms with Crippen LogP contribution in [-0.4, -0.2) is 60.8 Å². The molecular weight excluding hydrogens is 232 g/mol. The third-order valence-corrected chi connectivity index (χ3v) is 5.12. The zero-order chi connectivity index (χ0) is 12.1. The third kappa shape index (κ3) is 4.43. The molecule has 0 spiro atoms. The fourth-order valence-corrected chi connectivity index (χ4v) is 3.88. The van der Waals surface area contributed by atoms with Gasteiger partial charge in [0.05, 0.1) is 13.2 Å². The number of nitrogens with zero attached hydrogens (tertiary/aromatic N) is 1. The number of thioether (sulfide) groups is 1. The minimum atomic E-state index is 0.597. The van der Waals surface area contributed by atoms with Gasteiger partial charge in [0.25, 0.3) is 0 Å². The smallest absolute Gasteiger partial charge is 0.0594 e. The highest BCUT2D eigenvalue weighted by molar-refractivity contribution is 7.99. The summed E-state index contributed by atoms with van der Waals surface area (Å²) in [6, 6.07) is 1.31. The van der Waals surface area contributed by atoms with Gasteiger partial charge in [0, 0.05) is 37.0 Å². The first-order valence-corrected chi connectivity index (χ1v) is 7.98. The molecule has 3 nitrogen and oxygen atoms in total. The fraction of sp³-hybridized carbons (Fsp3) is 1.00. The molecule has 2 aliphatic heterocycles. The number of hydrogen-bond donors (Lipinski definition) is 1. The Balaban J connectivity index is 1.70. The Morgan fingerprint density at radius 1 is 1.41 bits per heavy atom. The van der Waals surface area contributed by atoms with Crippen LogP contribution in [0.2, 0.25) is 0 Å². The van der Waals surface area contributed by atoms with E-state index in [-0.39, 0.29) is 0 Å². The second-order valence-electron chi connectivity index (χ2n) is 5.31. The van der Waals surface area contributed by atoms with Gasteiger partial charge >= 0.3 is 0 Å². The molecule has 3 atom stereocenters. The largest absolute Gasteiger partial charge is 0.379 e. The minimum absolute atomic E-state index is 0.597. The van der Waals surface area contributed by atoms with Crippen LogP contribution in [0.1, 0.15) is 26.7 Å². The van der Waals surface area contributed by atoms with Gasteiger partial charge in [0.2, 0.25) is 0 Å². The van der Waals surface area contributed by atoms with Gasteiger partial charge in [0.1, 0.15) is 0 Å². The molecule has 3 unspecified atom stereocenters. The van der Waals surface area contributed by atoms with Crippen molar-refractivity contribution in [3.05, 3.63) is 0 Å². The lowest BCUT2D eigenvalue weighted by atomic mass is 10.1. The zero-order valence-electron chi connectivity index (χ0n) is 11.2. The maximum absolute atomic E-state index is 5.38. The van der Waals surface area contributed by atoms with Crippen molar-refractivity contribution in [1.29, 1.82) is 0 Å². The molecule has 100 valence electrons. The van der Waals surface area contributed by atoms with Crippen LogP contribution in [0, 0.1) is 0 Å². The SMILES string of the molecule is CC(CN1CCOCC1)NC1CCCSC1C. The molecule has 2 fully saturated rings. The van der Waals surface area contributed by atoms with Crippen LogP contribution >= 0.6 is 11.8 Å². The van der Waals surface area contributed by atoms with Crippen molar-refractivity contribution >= 4 is 11.8 Å². The molecule has 2 aliphatic rings. The highest BCUT2D eigenvalue weighted by atomic mass is 32.2. The number of ether oxygens (including phenoxy) is 1. The van der Waals surface area contributed by atoms with Crippen molar-refractivity contribution in [3.63, 3.8) is 0 Å². The highest BCUT2D eigenvalue weighted by Crippen LogP contribution is 2.25. The first-order chi connectivity index (χ1) is 8.25. The summed E-state index contributed by atoms with van der Waals surface area (Å²) in [5.74, 6) is 1.34. The molecule has 0 bridgehead atoms. The number of hydrogen-bond acceptors (Lipinski definition) is 4. The average Bonchev–Trinajstić information content (AvgIpc) is 2.33. The zero-order valence-corrected chi connectivity index (χ0v) is 12.0. The normalized spacial score (nSPS) is 33.5. The molecule has 0 amide bonds. The van der Waals surface area contributed by atoms with E-state index in [9.17, 15) is 0 Å². The van der Waals surface area contributed by atoms with Crippen molar-refractivity contribution in [1.82, 2.24) is 10.2 Å². The molecule has 0 radical (unpaired) electrons. The van der Waals surface area contributed by atoms with Crippen molar-refractivity contribution < 1.29 is 4.74 Å². The van der Waals surface area contributed by atoms with E-state index < -0.39 is 0 Å². The van der Waals surface area contributed by atoms with Crippen LogP contribution < -0.4 is 5.32 Å². The lowest BCUT2D eigenvalue weighted by Crippen LogP contribution is -2.50. The first-order valence-electron chi connectivity index (χ1n) is 6.93. The summed E-state index contributed by atoms with van der Waals surface area (Å²) >= 11 is 2.12. The third-order valence-electron chi connectivity index (χ3n) is 3.74. The predicted octanol–water partition coefficient (Wildman–Crippen LogP) is 1.58. The molecule has 0 aliphatic carbocycles. The van der Waals surface area contributed by atoms with E-state index in [1.165, 1.54) is 18.6 Å². The molecule has 2 rings (SSSR count). The van der Waals surface area contributed by atoms with Crippen LogP contribution in [0.25, 0.3) is 0 Å². The van der Waals surface area contributed by atoms with Gasteiger partial charge in [-0.25, -0.2) is 0 Å². The first kappa shape index (κ1) is 13.7. The van der Waals surface area contributed by atoms with Crippen LogP contribution in [0.3, 0.4) is 0 Å². The van der Waals surface area contributed by atoms with Gasteiger partial charge in [-0.15, -0.1) is 0 Å². The van der Waals surface area contributed by atoms with E-state index >= 15 is 0 Å². The molecule has 0 aromatic heterocycles. The van der Waals surface area contributed by atoms with E-state index in [4.69, 9.17) is 4.74 Å². The molecule has 1 N–H and O–H groups in total. The molecule has 0 saturated carbocycles. The number of rotatable bonds is 4. The van der Waals surface area contributed by atoms with Gasteiger partial charge in [0.15, 0.2) is 0 Å². The minimum Gasteiger partial charge on any atom is -0.379 e. The summed E-state index contributed by atoms with van der Waals surface area (Å²) in [7, 11) is 0. The summed E-state index contributed by atoms with van der Waals surface area (Å²) in [6.45, 7) is 9.86. The van der Waals surface area contributed by atoms with Crippen LogP contribution in [-0.2, 0) is 4.74 Å². The van der Waals surface area contributed by atoms with E-state index in [1.807, 2.05) is 0 Å².